The predicted molar refractivity (Wildman–Crippen MR) is 229 cm³/mol. The van der Waals surface area contributed by atoms with E-state index in [4.69, 9.17) is 15.2 Å². The van der Waals surface area contributed by atoms with E-state index in [9.17, 15) is 73.2 Å². The number of likely N-dealkylation sites (tertiary alicyclic amines) is 2. The van der Waals surface area contributed by atoms with Gasteiger partial charge < -0.3 is 56.1 Å². The Morgan fingerprint density at radius 1 is 0.806 bits per heavy atom. The number of nitrogens with zero attached hydrogens (tertiary/aromatic N) is 5. The predicted octanol–water partition coefficient (Wildman–Crippen LogP) is -3.89. The van der Waals surface area contributed by atoms with Gasteiger partial charge in [-0.1, -0.05) is 19.1 Å². The van der Waals surface area contributed by atoms with E-state index in [2.05, 4.69) is 10.6 Å². The van der Waals surface area contributed by atoms with Gasteiger partial charge in [-0.3, -0.25) is 62.5 Å². The van der Waals surface area contributed by atoms with Crippen LogP contribution < -0.4 is 16.4 Å². The molecule has 5 atom stereocenters. The number of ketones is 2. The molecule has 2 heterocycles. The van der Waals surface area contributed by atoms with E-state index in [0.29, 0.717) is 18.4 Å². The van der Waals surface area contributed by atoms with Gasteiger partial charge in [0.15, 0.2) is 11.6 Å². The molecule has 0 bridgehead atoms. The highest BCUT2D eigenvalue weighted by molar-refractivity contribution is 5.96. The molecule has 4 unspecified atom stereocenters. The summed E-state index contributed by atoms with van der Waals surface area (Å²) in [5.41, 5.74) is 6.29. The number of aromatic hydroxyl groups is 1. The summed E-state index contributed by atoms with van der Waals surface area (Å²) in [5, 5.41) is 43.4. The third kappa shape index (κ3) is 19.1. The zero-order valence-electron chi connectivity index (χ0n) is 37.2. The summed E-state index contributed by atoms with van der Waals surface area (Å²) in [7, 11) is 0. The lowest BCUT2D eigenvalue weighted by Gasteiger charge is -2.31. The topological polar surface area (TPSA) is 353 Å². The summed E-state index contributed by atoms with van der Waals surface area (Å²) in [6.07, 6.45) is -0.855. The maximum absolute atomic E-state index is 13.9. The lowest BCUT2D eigenvalue weighted by molar-refractivity contribution is -0.146. The van der Waals surface area contributed by atoms with E-state index in [-0.39, 0.29) is 109 Å². The van der Waals surface area contributed by atoms with Crippen LogP contribution in [0.25, 0.3) is 0 Å². The molecule has 25 heteroatoms. The monoisotopic (exact) mass is 948 g/mol. The molecule has 2 fully saturated rings. The second-order valence-corrected chi connectivity index (χ2v) is 16.4. The van der Waals surface area contributed by atoms with Crippen LogP contribution in [0.4, 0.5) is 0 Å². The molecule has 0 aliphatic carbocycles. The summed E-state index contributed by atoms with van der Waals surface area (Å²) in [4.78, 5) is 142. The Morgan fingerprint density at radius 2 is 1.40 bits per heavy atom. The van der Waals surface area contributed by atoms with Crippen molar-refractivity contribution in [1.29, 1.82) is 0 Å². The minimum atomic E-state index is -1.28. The fourth-order valence-corrected chi connectivity index (χ4v) is 7.72. The number of aliphatic carboxylic acids is 2. The van der Waals surface area contributed by atoms with E-state index in [1.165, 1.54) is 33.8 Å². The third-order valence-electron chi connectivity index (χ3n) is 11.1. The van der Waals surface area contributed by atoms with Crippen LogP contribution in [-0.2, 0) is 68.6 Å². The molecule has 1 aromatic rings. The minimum Gasteiger partial charge on any atom is -0.508 e. The van der Waals surface area contributed by atoms with E-state index < -0.39 is 103 Å². The number of phenolic OH excluding ortho intramolecular Hbond substituents is 1. The van der Waals surface area contributed by atoms with Gasteiger partial charge in [-0.05, 0) is 37.0 Å². The zero-order chi connectivity index (χ0) is 49.6. The molecule has 0 saturated carbocycles. The number of carbonyl (C=O) groups is 11. The molecule has 0 aromatic heterocycles. The molecule has 2 aliphatic heterocycles. The van der Waals surface area contributed by atoms with Gasteiger partial charge in [0.2, 0.25) is 29.5 Å². The Morgan fingerprint density at radius 3 is 1.99 bits per heavy atom. The maximum atomic E-state index is 13.9. The van der Waals surface area contributed by atoms with Gasteiger partial charge in [-0.15, -0.1) is 0 Å². The van der Waals surface area contributed by atoms with Gasteiger partial charge in [0.25, 0.3) is 12.9 Å². The number of Topliss-reactive ketones (excluding diaryl/α,β-unsaturated/α-hetero) is 2. The standard InChI is InChI=1S/C42H60N8O17/c1-27(13-31(54)17-44-36(57)20-46(9-11-47(21-38(59)60)22-39(61)62)10-12-48(23-66-25-51)24-67-26-52)41(64)45-18-37(58)50-19-32(55)16-34(50)42(65)49-8-2-3-33(49)35(56)15-29(40(43)63)14-28-4-6-30(53)7-5-28/h4-7,25-27,29,32-34,53,55H,2-3,8-24H2,1H3,(H2,43,63)(H,44,57)(H,45,64)(H,59,60)(H,61,62)/t27?,29?,32-,33?,34?/m0/s1. The Kier molecular flexibility index (Phi) is 22.7. The molecule has 2 aliphatic rings. The first-order valence-corrected chi connectivity index (χ1v) is 21.5. The summed E-state index contributed by atoms with van der Waals surface area (Å²) < 4.78 is 9.42. The maximum Gasteiger partial charge on any atom is 0.317 e. The number of rotatable bonds is 32. The molecular weight excluding hydrogens is 889 g/mol. The summed E-state index contributed by atoms with van der Waals surface area (Å²) >= 11 is 0. The zero-order valence-corrected chi connectivity index (χ0v) is 37.2. The fraction of sp³-hybridized carbons (Fsp3) is 0.595. The first-order chi connectivity index (χ1) is 31.8. The Hall–Kier alpha value is -6.57. The van der Waals surface area contributed by atoms with E-state index in [1.807, 2.05) is 0 Å². The second kappa shape index (κ2) is 27.8. The van der Waals surface area contributed by atoms with E-state index in [1.54, 1.807) is 12.1 Å². The van der Waals surface area contributed by atoms with Crippen molar-refractivity contribution in [1.82, 2.24) is 35.1 Å². The second-order valence-electron chi connectivity index (χ2n) is 16.4. The Bertz CT molecular complexity index is 1890. The molecule has 25 nitrogen and oxygen atoms in total. The molecule has 2 saturated heterocycles. The van der Waals surface area contributed by atoms with Crippen LogP contribution in [0.5, 0.6) is 5.75 Å². The number of phenols is 1. The quantitative estimate of drug-likeness (QED) is 0.0268. The third-order valence-corrected chi connectivity index (χ3v) is 11.1. The number of nitrogens with one attached hydrogen (secondary N) is 2. The lowest BCUT2D eigenvalue weighted by atomic mass is 9.91. The largest absolute Gasteiger partial charge is 0.508 e. The highest BCUT2D eigenvalue weighted by Crippen LogP contribution is 2.28. The lowest BCUT2D eigenvalue weighted by Crippen LogP contribution is -2.53. The van der Waals surface area contributed by atoms with Crippen LogP contribution in [0.15, 0.2) is 24.3 Å². The van der Waals surface area contributed by atoms with Crippen LogP contribution >= 0.6 is 0 Å². The number of hydrogen-bond donors (Lipinski definition) is 7. The molecule has 370 valence electrons. The van der Waals surface area contributed by atoms with Crippen LogP contribution in [0.3, 0.4) is 0 Å². The molecule has 3 rings (SSSR count). The summed E-state index contributed by atoms with van der Waals surface area (Å²) in [6.45, 7) is -1.53. The number of benzene rings is 1. The molecule has 1 aromatic carbocycles. The van der Waals surface area contributed by atoms with Crippen molar-refractivity contribution in [3.05, 3.63) is 29.8 Å². The first kappa shape index (κ1) is 54.8. The Balaban J connectivity index is 1.53. The van der Waals surface area contributed by atoms with Gasteiger partial charge >= 0.3 is 11.9 Å². The molecule has 5 amide bonds. The van der Waals surface area contributed by atoms with Crippen molar-refractivity contribution in [3.8, 4) is 5.75 Å². The van der Waals surface area contributed by atoms with Crippen molar-refractivity contribution in [2.45, 2.75) is 63.6 Å². The van der Waals surface area contributed by atoms with Crippen LogP contribution in [-0.4, -0.2) is 215 Å². The average molecular weight is 949 g/mol. The summed E-state index contributed by atoms with van der Waals surface area (Å²) in [6, 6.07) is 4.07. The first-order valence-electron chi connectivity index (χ1n) is 21.5. The number of aliphatic hydroxyl groups is 1. The molecule has 67 heavy (non-hydrogen) atoms. The van der Waals surface area contributed by atoms with Crippen molar-refractivity contribution >= 4 is 66.0 Å². The number of nitrogens with two attached hydrogens (primary N) is 1. The van der Waals surface area contributed by atoms with Gasteiger partial charge in [0.1, 0.15) is 25.3 Å². The molecular formula is C42H60N8O17. The number of amides is 5. The SMILES string of the molecule is CC(CC(=O)CNC(=O)CN(CCN(COC=O)COC=O)CCN(CC(=O)O)CC(=O)O)C(=O)NCC(=O)N1C[C@@H](O)CC1C(=O)N1CCCC1C(=O)CC(Cc1ccc(O)cc1)C(N)=O. The molecule has 0 radical (unpaired) electrons. The number of carboxylic acid groups (broad SMARTS) is 2. The summed E-state index contributed by atoms with van der Waals surface area (Å²) in [5.74, 6) is -8.68. The van der Waals surface area contributed by atoms with Crippen molar-refractivity contribution in [2.75, 3.05) is 85.5 Å². The smallest absolute Gasteiger partial charge is 0.317 e. The number of β-amino-alcohol motifs (C(OH)–C–C–N with tert-alkyl or cyclic N) is 1. The van der Waals surface area contributed by atoms with E-state index >= 15 is 0 Å². The normalized spacial score (nSPS) is 17.7. The number of hydrogen-bond acceptors (Lipinski definition) is 18. The van der Waals surface area contributed by atoms with Crippen molar-refractivity contribution in [3.63, 3.8) is 0 Å². The van der Waals surface area contributed by atoms with Gasteiger partial charge in [0, 0.05) is 70.4 Å². The average Bonchev–Trinajstić information content (AvgIpc) is 3.93. The Labute approximate surface area is 385 Å². The highest BCUT2D eigenvalue weighted by Gasteiger charge is 2.45. The van der Waals surface area contributed by atoms with Crippen LogP contribution in [0.2, 0.25) is 0 Å². The fourth-order valence-electron chi connectivity index (χ4n) is 7.72. The molecule has 0 spiro atoms. The molecule has 8 N–H and O–H groups in total. The van der Waals surface area contributed by atoms with Crippen LogP contribution in [0.1, 0.15) is 44.6 Å². The van der Waals surface area contributed by atoms with Crippen LogP contribution in [0, 0.1) is 11.8 Å². The number of aliphatic hydroxyl groups excluding tert-OH is 1. The minimum absolute atomic E-state index is 0.0266. The number of carboxylic acids is 2. The number of ether oxygens (including phenoxy) is 2. The van der Waals surface area contributed by atoms with Gasteiger partial charge in [-0.25, -0.2) is 4.90 Å². The number of carbonyl (C=O) groups excluding carboxylic acids is 9. The van der Waals surface area contributed by atoms with Crippen molar-refractivity contribution in [2.24, 2.45) is 17.6 Å². The highest BCUT2D eigenvalue weighted by atomic mass is 16.6. The van der Waals surface area contributed by atoms with Gasteiger partial charge in [-0.2, -0.15) is 0 Å². The number of primary amides is 1. The van der Waals surface area contributed by atoms with Crippen molar-refractivity contribution < 1.29 is 82.6 Å². The van der Waals surface area contributed by atoms with Gasteiger partial charge in [0.05, 0.1) is 44.9 Å². The van der Waals surface area contributed by atoms with E-state index in [0.717, 1.165) is 9.80 Å².